The van der Waals surface area contributed by atoms with Crippen LogP contribution in [0.25, 0.3) is 0 Å². The van der Waals surface area contributed by atoms with Gasteiger partial charge in [-0.1, -0.05) is 6.07 Å². The number of anilines is 1. The Kier molecular flexibility index (Phi) is 4.68. The van der Waals surface area contributed by atoms with Crippen molar-refractivity contribution in [2.75, 3.05) is 11.9 Å². The fraction of sp³-hybridized carbons (Fsp3) is 0.231. The van der Waals surface area contributed by atoms with Gasteiger partial charge < -0.3 is 11.1 Å². The SMILES string of the molecule is Cc1ccc(NC(=O)c2csc(CCN)n2)c(Br)c1. The minimum Gasteiger partial charge on any atom is -0.330 e. The molecule has 1 amide bonds. The number of thiazole rings is 1. The number of nitrogens with zero attached hydrogens (tertiary/aromatic N) is 1. The third kappa shape index (κ3) is 3.62. The molecule has 0 fully saturated rings. The summed E-state index contributed by atoms with van der Waals surface area (Å²) < 4.78 is 0.860. The van der Waals surface area contributed by atoms with Gasteiger partial charge in [-0.2, -0.15) is 0 Å². The van der Waals surface area contributed by atoms with Crippen molar-refractivity contribution in [2.24, 2.45) is 5.73 Å². The molecule has 3 N–H and O–H groups in total. The maximum Gasteiger partial charge on any atom is 0.275 e. The molecule has 1 aromatic carbocycles. The number of rotatable bonds is 4. The number of carbonyl (C=O) groups is 1. The first-order valence-electron chi connectivity index (χ1n) is 5.82. The highest BCUT2D eigenvalue weighted by molar-refractivity contribution is 9.10. The first kappa shape index (κ1) is 14.2. The third-order valence-corrected chi connectivity index (χ3v) is 4.08. The fourth-order valence-electron chi connectivity index (χ4n) is 1.56. The van der Waals surface area contributed by atoms with Crippen molar-refractivity contribution < 1.29 is 4.79 Å². The molecule has 1 aromatic heterocycles. The Morgan fingerprint density at radius 1 is 1.53 bits per heavy atom. The number of benzene rings is 1. The zero-order valence-electron chi connectivity index (χ0n) is 10.4. The highest BCUT2D eigenvalue weighted by atomic mass is 79.9. The Morgan fingerprint density at radius 2 is 2.32 bits per heavy atom. The first-order valence-corrected chi connectivity index (χ1v) is 7.49. The molecular weight excluding hydrogens is 326 g/mol. The number of amides is 1. The van der Waals surface area contributed by atoms with E-state index in [0.29, 0.717) is 18.7 Å². The molecule has 0 atom stereocenters. The molecule has 0 aliphatic heterocycles. The van der Waals surface area contributed by atoms with Crippen molar-refractivity contribution in [1.29, 1.82) is 0 Å². The predicted octanol–water partition coefficient (Wildman–Crippen LogP) is 2.97. The lowest BCUT2D eigenvalue weighted by atomic mass is 10.2. The van der Waals surface area contributed by atoms with Crippen molar-refractivity contribution in [3.05, 3.63) is 44.3 Å². The van der Waals surface area contributed by atoms with Gasteiger partial charge in [0.25, 0.3) is 5.91 Å². The van der Waals surface area contributed by atoms with Gasteiger partial charge in [0.2, 0.25) is 0 Å². The second-order valence-corrected chi connectivity index (χ2v) is 5.90. The maximum atomic E-state index is 12.0. The molecule has 0 aliphatic rings. The molecule has 0 aliphatic carbocycles. The second kappa shape index (κ2) is 6.27. The van der Waals surface area contributed by atoms with Gasteiger partial charge in [-0.05, 0) is 47.1 Å². The quantitative estimate of drug-likeness (QED) is 0.899. The van der Waals surface area contributed by atoms with Crippen LogP contribution in [0.4, 0.5) is 5.69 Å². The highest BCUT2D eigenvalue weighted by Crippen LogP contribution is 2.24. The van der Waals surface area contributed by atoms with E-state index in [1.807, 2.05) is 25.1 Å². The third-order valence-electron chi connectivity index (χ3n) is 2.52. The number of nitrogens with one attached hydrogen (secondary N) is 1. The van der Waals surface area contributed by atoms with Crippen LogP contribution in [0.2, 0.25) is 0 Å². The van der Waals surface area contributed by atoms with Crippen LogP contribution >= 0.6 is 27.3 Å². The Bertz CT molecular complexity index is 597. The zero-order chi connectivity index (χ0) is 13.8. The lowest BCUT2D eigenvalue weighted by molar-refractivity contribution is 0.102. The molecular formula is C13H14BrN3OS. The summed E-state index contributed by atoms with van der Waals surface area (Å²) in [6.07, 6.45) is 0.701. The Balaban J connectivity index is 2.11. The first-order chi connectivity index (χ1) is 9.10. The number of carbonyl (C=O) groups excluding carboxylic acids is 1. The Labute approximate surface area is 124 Å². The largest absolute Gasteiger partial charge is 0.330 e. The summed E-state index contributed by atoms with van der Waals surface area (Å²) >= 11 is 4.89. The lowest BCUT2D eigenvalue weighted by Gasteiger charge is -2.06. The van der Waals surface area contributed by atoms with Crippen LogP contribution < -0.4 is 11.1 Å². The predicted molar refractivity (Wildman–Crippen MR) is 81.7 cm³/mol. The average Bonchev–Trinajstić information content (AvgIpc) is 2.82. The summed E-state index contributed by atoms with van der Waals surface area (Å²) in [6.45, 7) is 2.54. The van der Waals surface area contributed by atoms with Crippen LogP contribution in [0.15, 0.2) is 28.1 Å². The molecule has 0 bridgehead atoms. The Hall–Kier alpha value is -1.24. The summed E-state index contributed by atoms with van der Waals surface area (Å²) in [5.41, 5.74) is 7.76. The maximum absolute atomic E-state index is 12.0. The van der Waals surface area contributed by atoms with Gasteiger partial charge in [0.15, 0.2) is 0 Å². The standard InChI is InChI=1S/C13H14BrN3OS/c1-8-2-3-10(9(14)6-8)17-13(18)11-7-19-12(16-11)4-5-15/h2-3,6-7H,4-5,15H2,1H3,(H,17,18). The molecule has 6 heteroatoms. The van der Waals surface area contributed by atoms with Crippen molar-refractivity contribution >= 4 is 38.9 Å². The van der Waals surface area contributed by atoms with Gasteiger partial charge in [-0.25, -0.2) is 4.98 Å². The van der Waals surface area contributed by atoms with E-state index in [-0.39, 0.29) is 5.91 Å². The molecule has 2 rings (SSSR count). The minimum atomic E-state index is -0.205. The van der Waals surface area contributed by atoms with Crippen molar-refractivity contribution in [2.45, 2.75) is 13.3 Å². The Morgan fingerprint density at radius 3 is 3.00 bits per heavy atom. The van der Waals surface area contributed by atoms with E-state index in [9.17, 15) is 4.79 Å². The van der Waals surface area contributed by atoms with Gasteiger partial charge in [0, 0.05) is 16.3 Å². The van der Waals surface area contributed by atoms with Crippen LogP contribution in [0, 0.1) is 6.92 Å². The molecule has 4 nitrogen and oxygen atoms in total. The number of hydrogen-bond acceptors (Lipinski definition) is 4. The smallest absolute Gasteiger partial charge is 0.275 e. The van der Waals surface area contributed by atoms with E-state index in [4.69, 9.17) is 5.73 Å². The topological polar surface area (TPSA) is 68.0 Å². The molecule has 100 valence electrons. The zero-order valence-corrected chi connectivity index (χ0v) is 12.8. The number of nitrogens with two attached hydrogens (primary N) is 1. The summed E-state index contributed by atoms with van der Waals surface area (Å²) in [7, 11) is 0. The fourth-order valence-corrected chi connectivity index (χ4v) is 2.95. The van der Waals surface area contributed by atoms with Crippen molar-refractivity contribution in [3.8, 4) is 0 Å². The van der Waals surface area contributed by atoms with E-state index in [2.05, 4.69) is 26.2 Å². The van der Waals surface area contributed by atoms with Crippen LogP contribution in [0.1, 0.15) is 21.1 Å². The minimum absolute atomic E-state index is 0.205. The average molecular weight is 340 g/mol. The van der Waals surface area contributed by atoms with Crippen LogP contribution in [0.5, 0.6) is 0 Å². The molecule has 0 spiro atoms. The molecule has 0 unspecified atom stereocenters. The molecule has 1 heterocycles. The van der Waals surface area contributed by atoms with Crippen molar-refractivity contribution in [1.82, 2.24) is 4.98 Å². The van der Waals surface area contributed by atoms with Crippen LogP contribution in [-0.4, -0.2) is 17.4 Å². The van der Waals surface area contributed by atoms with Crippen LogP contribution in [-0.2, 0) is 6.42 Å². The van der Waals surface area contributed by atoms with E-state index < -0.39 is 0 Å². The van der Waals surface area contributed by atoms with E-state index in [0.717, 1.165) is 20.7 Å². The highest BCUT2D eigenvalue weighted by Gasteiger charge is 2.12. The van der Waals surface area contributed by atoms with E-state index >= 15 is 0 Å². The summed E-state index contributed by atoms with van der Waals surface area (Å²) in [6, 6.07) is 5.77. The number of aromatic nitrogens is 1. The summed E-state index contributed by atoms with van der Waals surface area (Å²) in [5.74, 6) is -0.205. The van der Waals surface area contributed by atoms with Gasteiger partial charge in [-0.15, -0.1) is 11.3 Å². The van der Waals surface area contributed by atoms with E-state index in [1.54, 1.807) is 5.38 Å². The van der Waals surface area contributed by atoms with E-state index in [1.165, 1.54) is 11.3 Å². The second-order valence-electron chi connectivity index (χ2n) is 4.10. The van der Waals surface area contributed by atoms with Crippen LogP contribution in [0.3, 0.4) is 0 Å². The van der Waals surface area contributed by atoms with Gasteiger partial charge >= 0.3 is 0 Å². The lowest BCUT2D eigenvalue weighted by Crippen LogP contribution is -2.13. The summed E-state index contributed by atoms with van der Waals surface area (Å²) in [5, 5.41) is 5.47. The molecule has 2 aromatic rings. The molecule has 0 saturated heterocycles. The normalized spacial score (nSPS) is 10.5. The monoisotopic (exact) mass is 339 g/mol. The number of hydrogen-bond donors (Lipinski definition) is 2. The molecule has 0 saturated carbocycles. The molecule has 0 radical (unpaired) electrons. The van der Waals surface area contributed by atoms with Gasteiger partial charge in [-0.3, -0.25) is 4.79 Å². The number of halogens is 1. The van der Waals surface area contributed by atoms with Gasteiger partial charge in [0.05, 0.1) is 10.7 Å². The molecule has 19 heavy (non-hydrogen) atoms. The van der Waals surface area contributed by atoms with Gasteiger partial charge in [0.1, 0.15) is 5.69 Å². The summed E-state index contributed by atoms with van der Waals surface area (Å²) in [4.78, 5) is 16.3. The van der Waals surface area contributed by atoms with Crippen molar-refractivity contribution in [3.63, 3.8) is 0 Å². The number of aryl methyl sites for hydroxylation is 1.